The lowest BCUT2D eigenvalue weighted by atomic mass is 10.2. The number of nitrogens with one attached hydrogen (secondary N) is 3. The van der Waals surface area contributed by atoms with E-state index in [1.54, 1.807) is 49.0 Å². The summed E-state index contributed by atoms with van der Waals surface area (Å²) in [6, 6.07) is 0. The number of nitrogens with zero attached hydrogens (tertiary/aromatic N) is 8. The molecule has 15 nitrogen and oxygen atoms in total. The minimum atomic E-state index is -0.451. The molecule has 4 aromatic rings. The number of carbonyl (C=O) groups is 2. The highest BCUT2D eigenvalue weighted by Crippen LogP contribution is 2.25. The van der Waals surface area contributed by atoms with E-state index in [1.165, 1.54) is 4.68 Å². The van der Waals surface area contributed by atoms with E-state index in [2.05, 4.69) is 36.0 Å². The third kappa shape index (κ3) is 5.97. The zero-order valence-electron chi connectivity index (χ0n) is 23.8. The molecule has 0 aliphatic rings. The summed E-state index contributed by atoms with van der Waals surface area (Å²) in [7, 11) is 5.24. The number of hydrogen-bond acceptors (Lipinski definition) is 9. The lowest BCUT2D eigenvalue weighted by Crippen LogP contribution is -2.29. The molecule has 0 unspecified atom stereocenters. The van der Waals surface area contributed by atoms with Crippen LogP contribution < -0.4 is 16.2 Å². The van der Waals surface area contributed by atoms with Crippen LogP contribution in [0, 0.1) is 6.92 Å². The Bertz CT molecular complexity index is 1690. The minimum absolute atomic E-state index is 0.0121. The third-order valence-electron chi connectivity index (χ3n) is 6.81. The molecule has 0 spiro atoms. The van der Waals surface area contributed by atoms with Gasteiger partial charge in [-0.3, -0.25) is 33.7 Å². The molecule has 4 aromatic heterocycles. The van der Waals surface area contributed by atoms with E-state index in [4.69, 9.17) is 0 Å². The van der Waals surface area contributed by atoms with Crippen molar-refractivity contribution in [2.75, 3.05) is 18.4 Å². The van der Waals surface area contributed by atoms with Crippen LogP contribution in [0.1, 0.15) is 41.6 Å². The number of aromatic amines is 1. The summed E-state index contributed by atoms with van der Waals surface area (Å²) in [5, 5.41) is 33.0. The van der Waals surface area contributed by atoms with Crippen LogP contribution in [0.15, 0.2) is 23.4 Å². The third-order valence-corrected chi connectivity index (χ3v) is 6.81. The first-order valence-corrected chi connectivity index (χ1v) is 13.3. The van der Waals surface area contributed by atoms with Crippen LogP contribution in [0.3, 0.4) is 0 Å². The Morgan fingerprint density at radius 2 is 1.85 bits per heavy atom. The smallest absolute Gasteiger partial charge is 0.292 e. The van der Waals surface area contributed by atoms with E-state index < -0.39 is 11.5 Å². The second kappa shape index (κ2) is 12.5. The van der Waals surface area contributed by atoms with E-state index in [1.807, 2.05) is 14.0 Å². The second-order valence-electron chi connectivity index (χ2n) is 9.54. The molecule has 0 radical (unpaired) electrons. The number of unbranched alkanes of at least 4 members (excludes halogenated alkanes) is 1. The number of aromatic nitrogens is 9. The van der Waals surface area contributed by atoms with Gasteiger partial charge < -0.3 is 20.5 Å². The number of carbonyl (C=O) groups excluding carboxylic acids is 2. The number of aromatic hydroxyl groups is 1. The molecule has 15 heteroatoms. The summed E-state index contributed by atoms with van der Waals surface area (Å²) < 4.78 is 5.97. The number of pyridine rings is 1. The number of amides is 1. The Kier molecular flexibility index (Phi) is 8.84. The molecule has 0 aliphatic heterocycles. The number of aldehydes is 1. The van der Waals surface area contributed by atoms with Gasteiger partial charge in [0, 0.05) is 51.4 Å². The van der Waals surface area contributed by atoms with Gasteiger partial charge in [0.2, 0.25) is 0 Å². The molecule has 0 aliphatic carbocycles. The molecule has 4 heterocycles. The van der Waals surface area contributed by atoms with Crippen LogP contribution >= 0.6 is 0 Å². The van der Waals surface area contributed by atoms with Crippen molar-refractivity contribution in [3.63, 3.8) is 0 Å². The lowest BCUT2D eigenvalue weighted by Gasteiger charge is -2.15. The van der Waals surface area contributed by atoms with E-state index in [-0.39, 0.29) is 18.0 Å². The number of fused-ring (bicyclic) bond motifs is 1. The predicted octanol–water partition coefficient (Wildman–Crippen LogP) is 1.11. The average Bonchev–Trinajstić information content (AvgIpc) is 3.47. The Labute approximate surface area is 235 Å². The van der Waals surface area contributed by atoms with Crippen LogP contribution in [-0.2, 0) is 38.9 Å². The first-order chi connectivity index (χ1) is 19.7. The predicted molar refractivity (Wildman–Crippen MR) is 152 cm³/mol. The Balaban J connectivity index is 1.55. The summed E-state index contributed by atoms with van der Waals surface area (Å²) in [4.78, 5) is 41.8. The van der Waals surface area contributed by atoms with E-state index >= 15 is 0 Å². The Morgan fingerprint density at radius 3 is 2.54 bits per heavy atom. The number of hydrogen-bond donors (Lipinski definition) is 4. The number of rotatable bonds is 11. The fourth-order valence-corrected chi connectivity index (χ4v) is 4.40. The van der Waals surface area contributed by atoms with Gasteiger partial charge in [-0.05, 0) is 26.2 Å². The molecule has 4 rings (SSSR count). The van der Waals surface area contributed by atoms with E-state index in [0.717, 1.165) is 15.6 Å². The van der Waals surface area contributed by atoms with Gasteiger partial charge in [-0.1, -0.05) is 6.92 Å². The number of aryl methyl sites for hydroxylation is 4. The minimum Gasteiger partial charge on any atom is -0.504 e. The topological polar surface area (TPSA) is 183 Å². The SMILES string of the molecule is CCc1[nH]n(C)c(-c2cncc3c2cnn3C)nn(CC=O)c(=O)c1NCCCCNC(=O)c1nn(C)c(C)c1O. The highest BCUT2D eigenvalue weighted by atomic mass is 16.3. The Morgan fingerprint density at radius 1 is 1.10 bits per heavy atom. The fourth-order valence-electron chi connectivity index (χ4n) is 4.40. The van der Waals surface area contributed by atoms with Crippen LogP contribution in [-0.4, -0.2) is 74.5 Å². The molecule has 0 atom stereocenters. The normalized spacial score (nSPS) is 11.0. The summed E-state index contributed by atoms with van der Waals surface area (Å²) in [6.45, 7) is 4.16. The van der Waals surface area contributed by atoms with Gasteiger partial charge in [0.25, 0.3) is 11.5 Å². The van der Waals surface area contributed by atoms with Crippen molar-refractivity contribution < 1.29 is 14.7 Å². The van der Waals surface area contributed by atoms with Crippen molar-refractivity contribution in [1.29, 1.82) is 0 Å². The molecule has 0 aromatic carbocycles. The molecule has 0 saturated heterocycles. The van der Waals surface area contributed by atoms with Crippen LogP contribution in [0.25, 0.3) is 22.3 Å². The zero-order valence-corrected chi connectivity index (χ0v) is 23.8. The first-order valence-electron chi connectivity index (χ1n) is 13.3. The van der Waals surface area contributed by atoms with Crippen molar-refractivity contribution in [3.8, 4) is 17.1 Å². The molecule has 0 fully saturated rings. The maximum absolute atomic E-state index is 13.6. The Hall–Kier alpha value is -4.95. The van der Waals surface area contributed by atoms with Crippen molar-refractivity contribution in [2.24, 2.45) is 21.1 Å². The van der Waals surface area contributed by atoms with Crippen LogP contribution in [0.5, 0.6) is 5.75 Å². The van der Waals surface area contributed by atoms with Crippen molar-refractivity contribution >= 4 is 28.8 Å². The maximum Gasteiger partial charge on any atom is 0.292 e. The second-order valence-corrected chi connectivity index (χ2v) is 9.54. The highest BCUT2D eigenvalue weighted by Gasteiger charge is 2.19. The lowest BCUT2D eigenvalue weighted by molar-refractivity contribution is -0.108. The van der Waals surface area contributed by atoms with E-state index in [0.29, 0.717) is 67.1 Å². The number of H-pyrrole nitrogens is 1. The molecular formula is C26H35N11O4. The quantitative estimate of drug-likeness (QED) is 0.153. The molecule has 0 bridgehead atoms. The molecule has 4 N–H and O–H groups in total. The van der Waals surface area contributed by atoms with Gasteiger partial charge >= 0.3 is 0 Å². The van der Waals surface area contributed by atoms with Crippen molar-refractivity contribution in [2.45, 2.75) is 39.7 Å². The largest absolute Gasteiger partial charge is 0.504 e. The summed E-state index contributed by atoms with van der Waals surface area (Å²) in [5.74, 6) is -0.181. The van der Waals surface area contributed by atoms with Gasteiger partial charge in [-0.2, -0.15) is 10.2 Å². The molecule has 41 heavy (non-hydrogen) atoms. The zero-order chi connectivity index (χ0) is 29.7. The van der Waals surface area contributed by atoms with Gasteiger partial charge in [0.05, 0.1) is 29.3 Å². The van der Waals surface area contributed by atoms with Crippen molar-refractivity contribution in [3.05, 3.63) is 46.0 Å². The van der Waals surface area contributed by atoms with Crippen LogP contribution in [0.4, 0.5) is 5.69 Å². The average molecular weight is 566 g/mol. The summed E-state index contributed by atoms with van der Waals surface area (Å²) in [6.07, 6.45) is 7.43. The van der Waals surface area contributed by atoms with Crippen molar-refractivity contribution in [1.82, 2.24) is 49.4 Å². The van der Waals surface area contributed by atoms with Gasteiger partial charge in [0.1, 0.15) is 18.5 Å². The molecular weight excluding hydrogens is 530 g/mol. The van der Waals surface area contributed by atoms with Crippen LogP contribution in [0.2, 0.25) is 0 Å². The maximum atomic E-state index is 13.6. The van der Waals surface area contributed by atoms with Gasteiger partial charge in [-0.15, -0.1) is 5.10 Å². The van der Waals surface area contributed by atoms with Gasteiger partial charge in [-0.25, -0.2) is 4.68 Å². The summed E-state index contributed by atoms with van der Waals surface area (Å²) >= 11 is 0. The number of anilines is 1. The molecule has 0 saturated carbocycles. The molecule has 1 amide bonds. The first kappa shape index (κ1) is 29.0. The standard InChI is InChI=1S/C26H35N11O4/c1-6-19-21(28-9-7-8-10-29-25(40)22-23(39)16(2)34(3)32-22)26(41)37(11-12-38)33-24(36(5)31-19)18-13-27-15-20-17(18)14-30-35(20)4/h12-15,28,31,39H,6-11H2,1-5H3,(H,29,40). The highest BCUT2D eigenvalue weighted by molar-refractivity contribution is 5.95. The van der Waals surface area contributed by atoms with Gasteiger partial charge in [0.15, 0.2) is 17.3 Å². The van der Waals surface area contributed by atoms with E-state index in [9.17, 15) is 19.5 Å². The summed E-state index contributed by atoms with van der Waals surface area (Å²) in [5.41, 5.74) is 2.42. The molecule has 218 valence electrons. The fraction of sp³-hybridized carbons (Fsp3) is 0.423. The monoisotopic (exact) mass is 565 g/mol.